The summed E-state index contributed by atoms with van der Waals surface area (Å²) in [5.41, 5.74) is 1.47. The van der Waals surface area contributed by atoms with Crippen molar-refractivity contribution in [3.63, 3.8) is 0 Å². The van der Waals surface area contributed by atoms with E-state index in [0.29, 0.717) is 23.1 Å². The zero-order valence-corrected chi connectivity index (χ0v) is 12.0. The number of cyclic esters (lactones) is 1. The Labute approximate surface area is 123 Å². The van der Waals surface area contributed by atoms with E-state index >= 15 is 0 Å². The van der Waals surface area contributed by atoms with Crippen molar-refractivity contribution in [2.24, 2.45) is 0 Å². The predicted molar refractivity (Wildman–Crippen MR) is 75.8 cm³/mol. The van der Waals surface area contributed by atoms with Crippen LogP contribution in [-0.2, 0) is 17.8 Å². The molecule has 1 aromatic rings. The topological polar surface area (TPSA) is 41.6 Å². The van der Waals surface area contributed by atoms with Crippen molar-refractivity contribution >= 4 is 18.4 Å². The van der Waals surface area contributed by atoms with Crippen molar-refractivity contribution < 1.29 is 13.9 Å². The van der Waals surface area contributed by atoms with Crippen LogP contribution in [-0.4, -0.2) is 43.6 Å². The zero-order valence-electron chi connectivity index (χ0n) is 11.2. The average molecular weight is 301 g/mol. The molecule has 1 aromatic carbocycles. The molecule has 0 bridgehead atoms. The minimum Gasteiger partial charge on any atom is -0.457 e. The highest BCUT2D eigenvalue weighted by molar-refractivity contribution is 5.93. The van der Waals surface area contributed by atoms with Gasteiger partial charge in [0.2, 0.25) is 0 Å². The second-order valence-electron chi connectivity index (χ2n) is 4.98. The lowest BCUT2D eigenvalue weighted by atomic mass is 10.0. The Morgan fingerprint density at radius 3 is 2.80 bits per heavy atom. The van der Waals surface area contributed by atoms with Gasteiger partial charge in [0, 0.05) is 38.3 Å². The molecule has 2 aliphatic rings. The van der Waals surface area contributed by atoms with Gasteiger partial charge in [-0.05, 0) is 18.1 Å². The third kappa shape index (κ3) is 2.95. The molecule has 1 saturated heterocycles. The highest BCUT2D eigenvalue weighted by Gasteiger charge is 2.26. The molecule has 0 radical (unpaired) electrons. The number of carbonyl (C=O) groups excluding carboxylic acids is 1. The third-order valence-corrected chi connectivity index (χ3v) is 3.80. The number of nitrogens with zero attached hydrogens (tertiary/aromatic N) is 1. The van der Waals surface area contributed by atoms with Gasteiger partial charge >= 0.3 is 5.97 Å². The van der Waals surface area contributed by atoms with E-state index in [1.165, 1.54) is 0 Å². The third-order valence-electron chi connectivity index (χ3n) is 3.80. The Morgan fingerprint density at radius 2 is 2.05 bits per heavy atom. The molecular formula is C14H18ClFN2O2. The molecule has 1 N–H and O–H groups in total. The monoisotopic (exact) mass is 300 g/mol. The van der Waals surface area contributed by atoms with Crippen LogP contribution in [0.1, 0.15) is 21.5 Å². The molecule has 6 heteroatoms. The Kier molecular flexibility index (Phi) is 4.96. The fourth-order valence-corrected chi connectivity index (χ4v) is 2.62. The number of piperazine rings is 1. The second-order valence-corrected chi connectivity index (χ2v) is 4.98. The molecule has 0 saturated carbocycles. The standard InChI is InChI=1S/C14H17FN2O2.ClH/c15-13-10(3-6-17-7-4-16-5-8-17)1-2-11-12(13)9-19-14(11)18;/h1-2,16H,3-9H2;1H. The smallest absolute Gasteiger partial charge is 0.338 e. The summed E-state index contributed by atoms with van der Waals surface area (Å²) in [5.74, 6) is -0.680. The maximum absolute atomic E-state index is 14.2. The summed E-state index contributed by atoms with van der Waals surface area (Å²) >= 11 is 0. The molecule has 0 unspecified atom stereocenters. The minimum atomic E-state index is -0.414. The van der Waals surface area contributed by atoms with Crippen LogP contribution in [0.3, 0.4) is 0 Å². The highest BCUT2D eigenvalue weighted by Crippen LogP contribution is 2.25. The molecular weight excluding hydrogens is 283 g/mol. The van der Waals surface area contributed by atoms with Crippen molar-refractivity contribution in [1.82, 2.24) is 10.2 Å². The molecule has 1 fully saturated rings. The van der Waals surface area contributed by atoms with E-state index in [1.54, 1.807) is 12.1 Å². The van der Waals surface area contributed by atoms with E-state index in [-0.39, 0.29) is 24.8 Å². The van der Waals surface area contributed by atoms with Crippen molar-refractivity contribution in [3.8, 4) is 0 Å². The Balaban J connectivity index is 0.00000147. The normalized spacial score (nSPS) is 18.4. The fraction of sp³-hybridized carbons (Fsp3) is 0.500. The maximum Gasteiger partial charge on any atom is 0.338 e. The van der Waals surface area contributed by atoms with Crippen molar-refractivity contribution in [2.75, 3.05) is 32.7 Å². The molecule has 4 nitrogen and oxygen atoms in total. The molecule has 20 heavy (non-hydrogen) atoms. The molecule has 0 aliphatic carbocycles. The van der Waals surface area contributed by atoms with E-state index in [0.717, 1.165) is 32.7 Å². The van der Waals surface area contributed by atoms with Gasteiger partial charge in [0.15, 0.2) is 0 Å². The van der Waals surface area contributed by atoms with Gasteiger partial charge in [0.25, 0.3) is 0 Å². The molecule has 2 aliphatic heterocycles. The molecule has 110 valence electrons. The van der Waals surface area contributed by atoms with Gasteiger partial charge in [-0.25, -0.2) is 9.18 Å². The van der Waals surface area contributed by atoms with Crippen molar-refractivity contribution in [2.45, 2.75) is 13.0 Å². The lowest BCUT2D eigenvalue weighted by Gasteiger charge is -2.27. The van der Waals surface area contributed by atoms with Crippen molar-refractivity contribution in [3.05, 3.63) is 34.6 Å². The van der Waals surface area contributed by atoms with Gasteiger partial charge in [0.1, 0.15) is 12.4 Å². The number of halogens is 2. The van der Waals surface area contributed by atoms with E-state index in [9.17, 15) is 9.18 Å². The summed E-state index contributed by atoms with van der Waals surface area (Å²) in [6.07, 6.45) is 0.674. The number of nitrogens with one attached hydrogen (secondary N) is 1. The number of benzene rings is 1. The van der Waals surface area contributed by atoms with Crippen molar-refractivity contribution in [1.29, 1.82) is 0 Å². The van der Waals surface area contributed by atoms with E-state index in [2.05, 4.69) is 10.2 Å². The van der Waals surface area contributed by atoms with Gasteiger partial charge in [-0.1, -0.05) is 6.07 Å². The number of hydrogen-bond acceptors (Lipinski definition) is 4. The predicted octanol–water partition coefficient (Wildman–Crippen LogP) is 1.37. The van der Waals surface area contributed by atoms with Gasteiger partial charge in [-0.15, -0.1) is 12.4 Å². The molecule has 0 amide bonds. The molecule has 0 spiro atoms. The minimum absolute atomic E-state index is 0. The zero-order chi connectivity index (χ0) is 13.2. The molecule has 0 aromatic heterocycles. The fourth-order valence-electron chi connectivity index (χ4n) is 2.62. The van der Waals surface area contributed by atoms with Gasteiger partial charge in [-0.3, -0.25) is 0 Å². The Hall–Kier alpha value is -1.17. The number of hydrogen-bond donors (Lipinski definition) is 1. The van der Waals surface area contributed by atoms with Crippen LogP contribution in [0.5, 0.6) is 0 Å². The summed E-state index contributed by atoms with van der Waals surface area (Å²) < 4.78 is 19.1. The highest BCUT2D eigenvalue weighted by atomic mass is 35.5. The molecule has 0 atom stereocenters. The number of rotatable bonds is 3. The van der Waals surface area contributed by atoms with Crippen LogP contribution < -0.4 is 5.32 Å². The lowest BCUT2D eigenvalue weighted by molar-refractivity contribution is 0.0534. The Bertz CT molecular complexity index is 504. The first-order valence-corrected chi connectivity index (χ1v) is 6.66. The maximum atomic E-state index is 14.2. The van der Waals surface area contributed by atoms with Crippen LogP contribution in [0.2, 0.25) is 0 Å². The van der Waals surface area contributed by atoms with E-state index in [1.807, 2.05) is 0 Å². The first-order chi connectivity index (χ1) is 9.25. The van der Waals surface area contributed by atoms with Crippen LogP contribution in [0.15, 0.2) is 12.1 Å². The molecule has 3 rings (SSSR count). The quantitative estimate of drug-likeness (QED) is 0.856. The number of fused-ring (bicyclic) bond motifs is 1. The van der Waals surface area contributed by atoms with Gasteiger partial charge in [0.05, 0.1) is 5.56 Å². The Morgan fingerprint density at radius 1 is 1.30 bits per heavy atom. The lowest BCUT2D eigenvalue weighted by Crippen LogP contribution is -2.44. The first-order valence-electron chi connectivity index (χ1n) is 6.66. The summed E-state index contributed by atoms with van der Waals surface area (Å²) in [6.45, 7) is 4.93. The largest absolute Gasteiger partial charge is 0.457 e. The average Bonchev–Trinajstić information content (AvgIpc) is 2.82. The first kappa shape index (κ1) is 15.2. The van der Waals surface area contributed by atoms with Crippen LogP contribution in [0, 0.1) is 5.82 Å². The van der Waals surface area contributed by atoms with Crippen LogP contribution in [0.25, 0.3) is 0 Å². The summed E-state index contributed by atoms with van der Waals surface area (Å²) in [4.78, 5) is 13.7. The van der Waals surface area contributed by atoms with E-state index < -0.39 is 5.97 Å². The van der Waals surface area contributed by atoms with E-state index in [4.69, 9.17) is 4.74 Å². The second kappa shape index (κ2) is 6.52. The SMILES string of the molecule is Cl.O=C1OCc2c1ccc(CCN1CCNCC1)c2F. The van der Waals surface area contributed by atoms with Gasteiger partial charge in [-0.2, -0.15) is 0 Å². The molecule has 2 heterocycles. The van der Waals surface area contributed by atoms with Crippen LogP contribution >= 0.6 is 12.4 Å². The number of esters is 1. The number of ether oxygens (including phenoxy) is 1. The van der Waals surface area contributed by atoms with Crippen LogP contribution in [0.4, 0.5) is 4.39 Å². The number of carbonyl (C=O) groups is 1. The summed E-state index contributed by atoms with van der Waals surface area (Å²) in [5, 5.41) is 3.29. The van der Waals surface area contributed by atoms with Gasteiger partial charge < -0.3 is 15.0 Å². The summed E-state index contributed by atoms with van der Waals surface area (Å²) in [6, 6.07) is 3.39. The summed E-state index contributed by atoms with van der Waals surface area (Å²) in [7, 11) is 0.